The van der Waals surface area contributed by atoms with Crippen molar-refractivity contribution in [3.8, 4) is 5.75 Å². The number of rotatable bonds is 8. The minimum absolute atomic E-state index is 0.133. The lowest BCUT2D eigenvalue weighted by Gasteiger charge is -2.30. The second kappa shape index (κ2) is 10.2. The highest BCUT2D eigenvalue weighted by molar-refractivity contribution is 5.87. The van der Waals surface area contributed by atoms with Crippen LogP contribution in [0.15, 0.2) is 48.7 Å². The topological polar surface area (TPSA) is 69.9 Å². The third-order valence-electron chi connectivity index (χ3n) is 5.84. The average molecular weight is 438 g/mol. The van der Waals surface area contributed by atoms with Gasteiger partial charge >= 0.3 is 5.97 Å². The molecule has 0 radical (unpaired) electrons. The standard InChI is InChI=1S/C26H31NO5/c1-18-6-3-7-23-26(18)21(16-20-10-12-22(13-11-20)30-15-5-14-28)17-27(23)24-8-4-9-25(32-24)31-19(2)29/h3,6-7,10-13,17,24-25,28H,4-5,8-9,14-16H2,1-2H3. The Kier molecular flexibility index (Phi) is 7.12. The Hall–Kier alpha value is -2.83. The van der Waals surface area contributed by atoms with Gasteiger partial charge in [0.1, 0.15) is 12.0 Å². The summed E-state index contributed by atoms with van der Waals surface area (Å²) in [7, 11) is 0. The highest BCUT2D eigenvalue weighted by atomic mass is 16.7. The molecule has 0 aliphatic carbocycles. The van der Waals surface area contributed by atoms with Crippen molar-refractivity contribution in [2.24, 2.45) is 0 Å². The van der Waals surface area contributed by atoms with Crippen LogP contribution in [0, 0.1) is 6.92 Å². The number of nitrogens with zero attached hydrogens (tertiary/aromatic N) is 1. The van der Waals surface area contributed by atoms with E-state index in [1.54, 1.807) is 0 Å². The maximum atomic E-state index is 11.4. The van der Waals surface area contributed by atoms with Gasteiger partial charge in [-0.2, -0.15) is 0 Å². The van der Waals surface area contributed by atoms with Gasteiger partial charge in [-0.1, -0.05) is 24.3 Å². The number of benzene rings is 2. The molecule has 1 N–H and O–H groups in total. The number of ether oxygens (including phenoxy) is 3. The molecule has 4 rings (SSSR count). The van der Waals surface area contributed by atoms with Gasteiger partial charge in [-0.05, 0) is 61.1 Å². The Morgan fingerprint density at radius 3 is 2.75 bits per heavy atom. The van der Waals surface area contributed by atoms with Crippen molar-refractivity contribution in [1.82, 2.24) is 4.57 Å². The predicted molar refractivity (Wildman–Crippen MR) is 123 cm³/mol. The van der Waals surface area contributed by atoms with Crippen LogP contribution in [0.5, 0.6) is 5.75 Å². The van der Waals surface area contributed by atoms with Gasteiger partial charge in [0.15, 0.2) is 0 Å². The van der Waals surface area contributed by atoms with Gasteiger partial charge in [0.2, 0.25) is 6.29 Å². The molecule has 0 spiro atoms. The summed E-state index contributed by atoms with van der Waals surface area (Å²) in [4.78, 5) is 11.4. The Morgan fingerprint density at radius 2 is 2.00 bits per heavy atom. The number of fused-ring (bicyclic) bond motifs is 1. The molecule has 6 heteroatoms. The summed E-state index contributed by atoms with van der Waals surface area (Å²) in [6.45, 7) is 4.20. The summed E-state index contributed by atoms with van der Waals surface area (Å²) in [6.07, 6.45) is 5.52. The molecular formula is C26H31NO5. The van der Waals surface area contributed by atoms with Crippen molar-refractivity contribution >= 4 is 16.9 Å². The Bertz CT molecular complexity index is 1060. The summed E-state index contributed by atoms with van der Waals surface area (Å²) in [6, 6.07) is 14.5. The van der Waals surface area contributed by atoms with E-state index in [0.29, 0.717) is 13.0 Å². The second-order valence-electron chi connectivity index (χ2n) is 8.34. The molecule has 2 atom stereocenters. The van der Waals surface area contributed by atoms with Crippen LogP contribution < -0.4 is 4.74 Å². The van der Waals surface area contributed by atoms with Crippen LogP contribution in [0.1, 0.15) is 55.5 Å². The van der Waals surface area contributed by atoms with Crippen LogP contribution in [-0.4, -0.2) is 35.1 Å². The predicted octanol–water partition coefficient (Wildman–Crippen LogP) is 4.89. The number of hydrogen-bond acceptors (Lipinski definition) is 5. The summed E-state index contributed by atoms with van der Waals surface area (Å²) in [5.41, 5.74) is 4.81. The lowest BCUT2D eigenvalue weighted by molar-refractivity contribution is -0.213. The molecule has 0 bridgehead atoms. The van der Waals surface area contributed by atoms with Crippen molar-refractivity contribution in [2.75, 3.05) is 13.2 Å². The number of carbonyl (C=O) groups excluding carboxylic acids is 1. The molecule has 1 aliphatic heterocycles. The van der Waals surface area contributed by atoms with E-state index in [2.05, 4.69) is 48.0 Å². The quantitative estimate of drug-likeness (QED) is 0.401. The molecule has 1 fully saturated rings. The first-order valence-electron chi connectivity index (χ1n) is 11.3. The minimum Gasteiger partial charge on any atom is -0.494 e. The van der Waals surface area contributed by atoms with Crippen LogP contribution in [0.25, 0.3) is 10.9 Å². The second-order valence-corrected chi connectivity index (χ2v) is 8.34. The zero-order chi connectivity index (χ0) is 22.5. The highest BCUT2D eigenvalue weighted by Gasteiger charge is 2.27. The molecule has 2 unspecified atom stereocenters. The van der Waals surface area contributed by atoms with Gasteiger partial charge in [0.25, 0.3) is 0 Å². The van der Waals surface area contributed by atoms with Crippen molar-refractivity contribution in [3.63, 3.8) is 0 Å². The highest BCUT2D eigenvalue weighted by Crippen LogP contribution is 2.34. The molecule has 2 aromatic carbocycles. The van der Waals surface area contributed by atoms with Gasteiger partial charge < -0.3 is 23.9 Å². The van der Waals surface area contributed by atoms with Crippen molar-refractivity contribution in [3.05, 3.63) is 65.4 Å². The number of esters is 1. The Balaban J connectivity index is 1.58. The number of aryl methyl sites for hydroxylation is 1. The molecule has 170 valence electrons. The lowest BCUT2D eigenvalue weighted by atomic mass is 10.0. The van der Waals surface area contributed by atoms with Crippen molar-refractivity contribution < 1.29 is 24.1 Å². The van der Waals surface area contributed by atoms with Crippen LogP contribution in [-0.2, 0) is 20.7 Å². The van der Waals surface area contributed by atoms with E-state index in [4.69, 9.17) is 19.3 Å². The van der Waals surface area contributed by atoms with Crippen LogP contribution in [0.3, 0.4) is 0 Å². The monoisotopic (exact) mass is 437 g/mol. The van der Waals surface area contributed by atoms with Crippen LogP contribution >= 0.6 is 0 Å². The zero-order valence-electron chi connectivity index (χ0n) is 18.8. The van der Waals surface area contributed by atoms with Crippen LogP contribution in [0.4, 0.5) is 0 Å². The van der Waals surface area contributed by atoms with Gasteiger partial charge in [-0.3, -0.25) is 4.79 Å². The van der Waals surface area contributed by atoms with Crippen molar-refractivity contribution in [1.29, 1.82) is 0 Å². The first-order chi connectivity index (χ1) is 15.5. The summed E-state index contributed by atoms with van der Waals surface area (Å²) in [5, 5.41) is 10.1. The third kappa shape index (κ3) is 5.14. The Morgan fingerprint density at radius 1 is 1.19 bits per heavy atom. The molecule has 6 nitrogen and oxygen atoms in total. The fourth-order valence-corrected chi connectivity index (χ4v) is 4.38. The Labute approximate surface area is 188 Å². The molecule has 0 amide bonds. The van der Waals surface area contributed by atoms with E-state index in [1.807, 2.05) is 12.1 Å². The maximum Gasteiger partial charge on any atom is 0.304 e. The summed E-state index contributed by atoms with van der Waals surface area (Å²) < 4.78 is 19.3. The fraction of sp³-hybridized carbons (Fsp3) is 0.423. The smallest absolute Gasteiger partial charge is 0.304 e. The first-order valence-corrected chi connectivity index (χ1v) is 11.3. The number of aliphatic hydroxyl groups excluding tert-OH is 1. The third-order valence-corrected chi connectivity index (χ3v) is 5.84. The molecule has 0 saturated carbocycles. The van der Waals surface area contributed by atoms with Gasteiger partial charge in [-0.25, -0.2) is 0 Å². The van der Waals surface area contributed by atoms with Crippen molar-refractivity contribution in [2.45, 2.75) is 58.5 Å². The van der Waals surface area contributed by atoms with Gasteiger partial charge in [-0.15, -0.1) is 0 Å². The largest absolute Gasteiger partial charge is 0.494 e. The lowest BCUT2D eigenvalue weighted by Crippen LogP contribution is -2.29. The van der Waals surface area contributed by atoms with E-state index < -0.39 is 6.29 Å². The molecule has 1 aliphatic rings. The van der Waals surface area contributed by atoms with E-state index in [9.17, 15) is 4.79 Å². The maximum absolute atomic E-state index is 11.4. The zero-order valence-corrected chi connectivity index (χ0v) is 18.8. The van der Waals surface area contributed by atoms with Crippen LogP contribution in [0.2, 0.25) is 0 Å². The average Bonchev–Trinajstić information content (AvgIpc) is 3.14. The van der Waals surface area contributed by atoms with E-state index in [1.165, 1.54) is 29.0 Å². The number of hydrogen-bond donors (Lipinski definition) is 1. The van der Waals surface area contributed by atoms with E-state index in [-0.39, 0.29) is 18.8 Å². The van der Waals surface area contributed by atoms with E-state index in [0.717, 1.165) is 36.9 Å². The molecule has 3 aromatic rings. The molecule has 1 aromatic heterocycles. The fourth-order valence-electron chi connectivity index (χ4n) is 4.38. The van der Waals surface area contributed by atoms with Gasteiger partial charge in [0.05, 0.1) is 12.1 Å². The molecular weight excluding hydrogens is 406 g/mol. The van der Waals surface area contributed by atoms with Gasteiger partial charge in [0, 0.05) is 38.0 Å². The SMILES string of the molecule is CC(=O)OC1CCCC(n2cc(Cc3ccc(OCCCO)cc3)c3c(C)cccc32)O1. The molecule has 1 saturated heterocycles. The number of carbonyl (C=O) groups is 1. The van der Waals surface area contributed by atoms with E-state index >= 15 is 0 Å². The normalized spacial score (nSPS) is 18.6. The minimum atomic E-state index is -0.490. The number of aromatic nitrogens is 1. The molecule has 32 heavy (non-hydrogen) atoms. The molecule has 2 heterocycles. The summed E-state index contributed by atoms with van der Waals surface area (Å²) >= 11 is 0. The summed E-state index contributed by atoms with van der Waals surface area (Å²) in [5.74, 6) is 0.501. The number of aliphatic hydroxyl groups is 1. The first kappa shape index (κ1) is 22.4.